The third kappa shape index (κ3) is 2.67. The molecule has 4 rings (SSSR count). The van der Waals surface area contributed by atoms with E-state index in [0.29, 0.717) is 22.8 Å². The van der Waals surface area contributed by atoms with Crippen LogP contribution in [0.3, 0.4) is 0 Å². The molecule has 1 aromatic heterocycles. The fourth-order valence-electron chi connectivity index (χ4n) is 3.10. The molecule has 0 bridgehead atoms. The Labute approximate surface area is 149 Å². The van der Waals surface area contributed by atoms with Crippen molar-refractivity contribution in [2.45, 2.75) is 12.3 Å². The average molecular weight is 349 g/mol. The first-order valence-electron chi connectivity index (χ1n) is 7.79. The van der Waals surface area contributed by atoms with E-state index in [0.717, 1.165) is 16.9 Å². The van der Waals surface area contributed by atoms with E-state index in [4.69, 9.17) is 16.9 Å². The molecule has 3 aromatic rings. The van der Waals surface area contributed by atoms with E-state index in [2.05, 4.69) is 16.4 Å². The Balaban J connectivity index is 1.81. The topological polar surface area (TPSA) is 70.7 Å². The first-order chi connectivity index (χ1) is 12.2. The number of carbonyl (C=O) groups excluding carboxylic acids is 1. The van der Waals surface area contributed by atoms with Crippen molar-refractivity contribution in [2.75, 3.05) is 5.32 Å². The quantitative estimate of drug-likeness (QED) is 0.764. The molecule has 5 nitrogen and oxygen atoms in total. The van der Waals surface area contributed by atoms with Crippen LogP contribution in [0.15, 0.2) is 54.9 Å². The standard InChI is InChI=1S/C19H13ClN4O/c20-15-3-1-2-4-16(15)24-11-22-18-14(9-17(25)23-19(18)24)13-7-5-12(10-21)6-8-13/h1-8,11,14H,9H2,(H,23,25)/t14-/m0/s1. The van der Waals surface area contributed by atoms with Crippen LogP contribution in [-0.2, 0) is 4.79 Å². The minimum absolute atomic E-state index is 0.0735. The van der Waals surface area contributed by atoms with Gasteiger partial charge in [-0.3, -0.25) is 9.36 Å². The minimum Gasteiger partial charge on any atom is -0.310 e. The Hall–Kier alpha value is -3.10. The molecule has 1 aliphatic heterocycles. The van der Waals surface area contributed by atoms with Crippen LogP contribution >= 0.6 is 11.6 Å². The number of anilines is 1. The normalized spacial score (nSPS) is 16.0. The molecule has 25 heavy (non-hydrogen) atoms. The number of amides is 1. The highest BCUT2D eigenvalue weighted by atomic mass is 35.5. The lowest BCUT2D eigenvalue weighted by Crippen LogP contribution is -2.24. The molecule has 0 saturated carbocycles. The van der Waals surface area contributed by atoms with Gasteiger partial charge in [0.05, 0.1) is 28.0 Å². The SMILES string of the molecule is N#Cc1ccc([C@@H]2CC(=O)Nc3c2ncn3-c2ccccc2Cl)cc1. The summed E-state index contributed by atoms with van der Waals surface area (Å²) < 4.78 is 1.80. The van der Waals surface area contributed by atoms with E-state index in [-0.39, 0.29) is 11.8 Å². The number of hydrogen-bond donors (Lipinski definition) is 1. The highest BCUT2D eigenvalue weighted by Crippen LogP contribution is 2.38. The predicted molar refractivity (Wildman–Crippen MR) is 94.8 cm³/mol. The van der Waals surface area contributed by atoms with E-state index < -0.39 is 0 Å². The van der Waals surface area contributed by atoms with Gasteiger partial charge >= 0.3 is 0 Å². The Kier molecular flexibility index (Phi) is 3.75. The van der Waals surface area contributed by atoms with Crippen LogP contribution in [-0.4, -0.2) is 15.5 Å². The Morgan fingerprint density at radius 2 is 1.96 bits per heavy atom. The van der Waals surface area contributed by atoms with Crippen LogP contribution in [0.25, 0.3) is 5.69 Å². The van der Waals surface area contributed by atoms with E-state index in [1.807, 2.05) is 30.3 Å². The lowest BCUT2D eigenvalue weighted by Gasteiger charge is -2.23. The Morgan fingerprint density at radius 3 is 2.68 bits per heavy atom. The summed E-state index contributed by atoms with van der Waals surface area (Å²) >= 11 is 6.29. The molecule has 6 heteroatoms. The van der Waals surface area contributed by atoms with Gasteiger partial charge in [-0.25, -0.2) is 4.98 Å². The maximum absolute atomic E-state index is 12.3. The van der Waals surface area contributed by atoms with E-state index in [9.17, 15) is 4.79 Å². The van der Waals surface area contributed by atoms with Gasteiger partial charge in [0, 0.05) is 12.3 Å². The Morgan fingerprint density at radius 1 is 1.20 bits per heavy atom. The van der Waals surface area contributed by atoms with Crippen molar-refractivity contribution in [3.8, 4) is 11.8 Å². The van der Waals surface area contributed by atoms with Crippen LogP contribution in [0.5, 0.6) is 0 Å². The molecule has 0 aliphatic carbocycles. The molecule has 2 heterocycles. The second kappa shape index (κ2) is 6.08. The third-order valence-electron chi connectivity index (χ3n) is 4.33. The first-order valence-corrected chi connectivity index (χ1v) is 8.17. The van der Waals surface area contributed by atoms with E-state index in [1.54, 1.807) is 29.1 Å². The smallest absolute Gasteiger partial charge is 0.226 e. The molecular weight excluding hydrogens is 336 g/mol. The number of rotatable bonds is 2. The van der Waals surface area contributed by atoms with E-state index in [1.165, 1.54) is 0 Å². The third-order valence-corrected chi connectivity index (χ3v) is 4.65. The van der Waals surface area contributed by atoms with Gasteiger partial charge in [-0.05, 0) is 29.8 Å². The van der Waals surface area contributed by atoms with Crippen molar-refractivity contribution in [1.29, 1.82) is 5.26 Å². The average Bonchev–Trinajstić information content (AvgIpc) is 3.05. The highest BCUT2D eigenvalue weighted by molar-refractivity contribution is 6.32. The molecule has 1 amide bonds. The second-order valence-corrected chi connectivity index (χ2v) is 6.25. The number of nitrogens with zero attached hydrogens (tertiary/aromatic N) is 3. The minimum atomic E-state index is -0.153. The summed E-state index contributed by atoms with van der Waals surface area (Å²) in [5.41, 5.74) is 3.10. The number of para-hydroxylation sites is 1. The van der Waals surface area contributed by atoms with Crippen molar-refractivity contribution < 1.29 is 4.79 Å². The molecule has 1 N–H and O–H groups in total. The van der Waals surface area contributed by atoms with Gasteiger partial charge in [0.1, 0.15) is 12.1 Å². The molecule has 2 aromatic carbocycles. The van der Waals surface area contributed by atoms with Crippen LogP contribution in [0.1, 0.15) is 29.2 Å². The van der Waals surface area contributed by atoms with Gasteiger partial charge in [0.2, 0.25) is 5.91 Å². The van der Waals surface area contributed by atoms with Gasteiger partial charge in [-0.15, -0.1) is 0 Å². The van der Waals surface area contributed by atoms with Gasteiger partial charge < -0.3 is 5.32 Å². The fourth-order valence-corrected chi connectivity index (χ4v) is 3.33. The lowest BCUT2D eigenvalue weighted by molar-refractivity contribution is -0.116. The van der Waals surface area contributed by atoms with Gasteiger partial charge in [0.25, 0.3) is 0 Å². The predicted octanol–water partition coefficient (Wildman–Crippen LogP) is 3.87. The number of hydrogen-bond acceptors (Lipinski definition) is 3. The number of fused-ring (bicyclic) bond motifs is 1. The summed E-state index contributed by atoms with van der Waals surface area (Å²) in [6.45, 7) is 0. The van der Waals surface area contributed by atoms with Crippen molar-refractivity contribution in [3.05, 3.63) is 76.7 Å². The van der Waals surface area contributed by atoms with Crippen LogP contribution in [0.2, 0.25) is 5.02 Å². The maximum Gasteiger partial charge on any atom is 0.226 e. The zero-order valence-electron chi connectivity index (χ0n) is 13.1. The van der Waals surface area contributed by atoms with E-state index >= 15 is 0 Å². The number of aromatic nitrogens is 2. The molecule has 0 saturated heterocycles. The summed E-state index contributed by atoms with van der Waals surface area (Å²) in [5.74, 6) is 0.412. The van der Waals surface area contributed by atoms with Crippen molar-refractivity contribution in [2.24, 2.45) is 0 Å². The molecule has 0 radical (unpaired) electrons. The van der Waals surface area contributed by atoms with Crippen molar-refractivity contribution in [3.63, 3.8) is 0 Å². The molecule has 1 aliphatic rings. The number of carbonyl (C=O) groups is 1. The maximum atomic E-state index is 12.3. The zero-order chi connectivity index (χ0) is 17.4. The Bertz CT molecular complexity index is 1000. The van der Waals surface area contributed by atoms with Crippen molar-refractivity contribution in [1.82, 2.24) is 9.55 Å². The monoisotopic (exact) mass is 348 g/mol. The number of benzene rings is 2. The van der Waals surface area contributed by atoms with Gasteiger partial charge in [-0.2, -0.15) is 5.26 Å². The number of imidazole rings is 1. The van der Waals surface area contributed by atoms with Gasteiger partial charge in [0.15, 0.2) is 0 Å². The molecule has 1 atom stereocenters. The second-order valence-electron chi connectivity index (χ2n) is 5.84. The lowest BCUT2D eigenvalue weighted by atomic mass is 9.89. The largest absolute Gasteiger partial charge is 0.310 e. The summed E-state index contributed by atoms with van der Waals surface area (Å²) in [6.07, 6.45) is 1.99. The molecule has 0 spiro atoms. The summed E-state index contributed by atoms with van der Waals surface area (Å²) in [7, 11) is 0. The van der Waals surface area contributed by atoms with Crippen LogP contribution in [0.4, 0.5) is 5.82 Å². The summed E-state index contributed by atoms with van der Waals surface area (Å²) in [5, 5.41) is 12.4. The number of halogens is 1. The first kappa shape index (κ1) is 15.4. The van der Waals surface area contributed by atoms with Crippen LogP contribution < -0.4 is 5.32 Å². The van der Waals surface area contributed by atoms with Gasteiger partial charge in [-0.1, -0.05) is 35.9 Å². The highest BCUT2D eigenvalue weighted by Gasteiger charge is 2.31. The molecule has 122 valence electrons. The zero-order valence-corrected chi connectivity index (χ0v) is 13.9. The molecular formula is C19H13ClN4O. The van der Waals surface area contributed by atoms with Crippen LogP contribution in [0, 0.1) is 11.3 Å². The summed E-state index contributed by atoms with van der Waals surface area (Å²) in [6, 6.07) is 16.8. The fraction of sp³-hybridized carbons (Fsp3) is 0.105. The number of nitrogens with one attached hydrogen (secondary N) is 1. The molecule has 0 fully saturated rings. The number of nitriles is 1. The van der Waals surface area contributed by atoms with Crippen molar-refractivity contribution >= 4 is 23.3 Å². The summed E-state index contributed by atoms with van der Waals surface area (Å²) in [4.78, 5) is 16.8. The molecule has 0 unspecified atom stereocenters.